The minimum Gasteiger partial charge on any atom is -0.462 e. The molecule has 1 aliphatic heterocycles. The van der Waals surface area contributed by atoms with Gasteiger partial charge in [-0.3, -0.25) is 10.1 Å². The van der Waals surface area contributed by atoms with Gasteiger partial charge in [0.2, 0.25) is 0 Å². The molecule has 21 heavy (non-hydrogen) atoms. The SMILES string of the molecule is CC(C)OC(=NCCN1CCCC1)NC(=O)c1ccco1. The van der Waals surface area contributed by atoms with Crippen LogP contribution in [0.4, 0.5) is 0 Å². The summed E-state index contributed by atoms with van der Waals surface area (Å²) >= 11 is 0. The number of amides is 1. The Kier molecular flexibility index (Phi) is 5.80. The number of carbonyl (C=O) groups is 1. The molecule has 1 N–H and O–H groups in total. The Morgan fingerprint density at radius 3 is 2.86 bits per heavy atom. The third kappa shape index (κ3) is 5.23. The molecule has 1 saturated heterocycles. The smallest absolute Gasteiger partial charge is 0.294 e. The largest absolute Gasteiger partial charge is 0.462 e. The van der Waals surface area contributed by atoms with E-state index in [9.17, 15) is 4.79 Å². The standard InChI is InChI=1S/C15H23N3O3/c1-12(2)21-15(16-7-10-18-8-3-4-9-18)17-14(19)13-6-5-11-20-13/h5-6,11-12H,3-4,7-10H2,1-2H3,(H,16,17,19). The van der Waals surface area contributed by atoms with Crippen molar-refractivity contribution in [2.45, 2.75) is 32.8 Å². The number of hydrogen-bond donors (Lipinski definition) is 1. The van der Waals surface area contributed by atoms with Crippen LogP contribution < -0.4 is 5.32 Å². The molecule has 0 atom stereocenters. The fraction of sp³-hybridized carbons (Fsp3) is 0.600. The van der Waals surface area contributed by atoms with Gasteiger partial charge in [-0.2, -0.15) is 0 Å². The lowest BCUT2D eigenvalue weighted by Gasteiger charge is -2.15. The Balaban J connectivity index is 1.88. The first-order valence-electron chi connectivity index (χ1n) is 7.43. The maximum atomic E-state index is 11.9. The van der Waals surface area contributed by atoms with Gasteiger partial charge in [-0.25, -0.2) is 4.99 Å². The number of amidine groups is 1. The maximum Gasteiger partial charge on any atom is 0.294 e. The van der Waals surface area contributed by atoms with E-state index in [1.54, 1.807) is 12.1 Å². The summed E-state index contributed by atoms with van der Waals surface area (Å²) in [5.41, 5.74) is 0. The molecule has 116 valence electrons. The van der Waals surface area contributed by atoms with Gasteiger partial charge in [0.1, 0.15) is 0 Å². The number of carbonyl (C=O) groups excluding carboxylic acids is 1. The highest BCUT2D eigenvalue weighted by atomic mass is 16.5. The van der Waals surface area contributed by atoms with Crippen LogP contribution in [-0.2, 0) is 4.74 Å². The predicted molar refractivity (Wildman–Crippen MR) is 80.4 cm³/mol. The lowest BCUT2D eigenvalue weighted by Crippen LogP contribution is -2.35. The lowest BCUT2D eigenvalue weighted by molar-refractivity contribution is 0.0932. The predicted octanol–water partition coefficient (Wildman–Crippen LogP) is 1.89. The third-order valence-electron chi connectivity index (χ3n) is 3.18. The van der Waals surface area contributed by atoms with Crippen molar-refractivity contribution in [1.29, 1.82) is 0 Å². The first-order valence-corrected chi connectivity index (χ1v) is 7.43. The molecule has 1 aliphatic rings. The van der Waals surface area contributed by atoms with E-state index in [4.69, 9.17) is 9.15 Å². The van der Waals surface area contributed by atoms with Crippen LogP contribution in [0.15, 0.2) is 27.8 Å². The third-order valence-corrected chi connectivity index (χ3v) is 3.18. The number of aliphatic imine (C=N–C) groups is 1. The first-order chi connectivity index (χ1) is 10.1. The topological polar surface area (TPSA) is 67.1 Å². The molecule has 0 radical (unpaired) electrons. The molecule has 2 heterocycles. The zero-order chi connectivity index (χ0) is 15.1. The molecule has 0 aliphatic carbocycles. The summed E-state index contributed by atoms with van der Waals surface area (Å²) in [4.78, 5) is 18.7. The summed E-state index contributed by atoms with van der Waals surface area (Å²) in [6.45, 7) is 7.56. The molecule has 1 amide bonds. The van der Waals surface area contributed by atoms with E-state index < -0.39 is 0 Å². The molecule has 6 heteroatoms. The number of ether oxygens (including phenoxy) is 1. The normalized spacial score (nSPS) is 16.4. The quantitative estimate of drug-likeness (QED) is 0.665. The number of nitrogens with one attached hydrogen (secondary N) is 1. The van der Waals surface area contributed by atoms with Crippen LogP contribution >= 0.6 is 0 Å². The van der Waals surface area contributed by atoms with Gasteiger partial charge < -0.3 is 14.1 Å². The van der Waals surface area contributed by atoms with Crippen molar-refractivity contribution in [3.63, 3.8) is 0 Å². The van der Waals surface area contributed by atoms with Crippen molar-refractivity contribution in [2.75, 3.05) is 26.2 Å². The zero-order valence-corrected chi connectivity index (χ0v) is 12.7. The molecule has 1 aromatic heterocycles. The molecular weight excluding hydrogens is 270 g/mol. The Morgan fingerprint density at radius 2 is 2.24 bits per heavy atom. The Labute approximate surface area is 125 Å². The van der Waals surface area contributed by atoms with Gasteiger partial charge in [-0.15, -0.1) is 0 Å². The molecule has 6 nitrogen and oxygen atoms in total. The Morgan fingerprint density at radius 1 is 1.48 bits per heavy atom. The monoisotopic (exact) mass is 293 g/mol. The lowest BCUT2D eigenvalue weighted by atomic mass is 10.4. The van der Waals surface area contributed by atoms with Crippen molar-refractivity contribution in [3.05, 3.63) is 24.2 Å². The number of furan rings is 1. The van der Waals surface area contributed by atoms with Crippen molar-refractivity contribution >= 4 is 11.9 Å². The van der Waals surface area contributed by atoms with Gasteiger partial charge >= 0.3 is 0 Å². The van der Waals surface area contributed by atoms with Crippen molar-refractivity contribution in [3.8, 4) is 0 Å². The summed E-state index contributed by atoms with van der Waals surface area (Å²) in [7, 11) is 0. The van der Waals surface area contributed by atoms with E-state index in [-0.39, 0.29) is 23.8 Å². The van der Waals surface area contributed by atoms with Crippen LogP contribution in [0, 0.1) is 0 Å². The molecule has 2 rings (SSSR count). The molecular formula is C15H23N3O3. The van der Waals surface area contributed by atoms with Gasteiger partial charge in [0.25, 0.3) is 11.9 Å². The maximum absolute atomic E-state index is 11.9. The number of likely N-dealkylation sites (tertiary alicyclic amines) is 1. The highest BCUT2D eigenvalue weighted by Crippen LogP contribution is 2.06. The van der Waals surface area contributed by atoms with E-state index in [0.29, 0.717) is 6.54 Å². The van der Waals surface area contributed by atoms with Crippen molar-refractivity contribution in [1.82, 2.24) is 10.2 Å². The molecule has 0 spiro atoms. The van der Waals surface area contributed by atoms with Gasteiger partial charge in [0.05, 0.1) is 18.9 Å². The summed E-state index contributed by atoms with van der Waals surface area (Å²) in [6, 6.07) is 3.53. The summed E-state index contributed by atoms with van der Waals surface area (Å²) in [5, 5.41) is 2.65. The van der Waals surface area contributed by atoms with Gasteiger partial charge in [0, 0.05) is 6.54 Å². The van der Waals surface area contributed by atoms with Gasteiger partial charge in [-0.1, -0.05) is 0 Å². The fourth-order valence-electron chi connectivity index (χ4n) is 2.20. The van der Waals surface area contributed by atoms with Crippen LogP contribution in [0.5, 0.6) is 0 Å². The second-order valence-electron chi connectivity index (χ2n) is 5.33. The first kappa shape index (κ1) is 15.6. The molecule has 0 unspecified atom stereocenters. The highest BCUT2D eigenvalue weighted by molar-refractivity contribution is 6.02. The van der Waals surface area contributed by atoms with Crippen LogP contribution in [0.25, 0.3) is 0 Å². The molecule has 0 bridgehead atoms. The molecule has 1 fully saturated rings. The number of rotatable bonds is 5. The number of nitrogens with zero attached hydrogens (tertiary/aromatic N) is 2. The average Bonchev–Trinajstić information content (AvgIpc) is 3.11. The van der Waals surface area contributed by atoms with E-state index >= 15 is 0 Å². The average molecular weight is 293 g/mol. The molecule has 0 saturated carbocycles. The molecule has 1 aromatic rings. The minimum atomic E-state index is -0.347. The van der Waals surface area contributed by atoms with E-state index in [1.165, 1.54) is 19.1 Å². The summed E-state index contributed by atoms with van der Waals surface area (Å²) in [5.74, 6) is -0.102. The van der Waals surface area contributed by atoms with Gasteiger partial charge in [-0.05, 0) is 51.9 Å². The highest BCUT2D eigenvalue weighted by Gasteiger charge is 2.14. The number of hydrogen-bond acceptors (Lipinski definition) is 5. The minimum absolute atomic E-state index is 0.0487. The Bertz CT molecular complexity index is 463. The van der Waals surface area contributed by atoms with Crippen LogP contribution in [0.3, 0.4) is 0 Å². The van der Waals surface area contributed by atoms with E-state index in [0.717, 1.165) is 19.6 Å². The Hall–Kier alpha value is -1.82. The van der Waals surface area contributed by atoms with Crippen LogP contribution in [0.1, 0.15) is 37.2 Å². The summed E-state index contributed by atoms with van der Waals surface area (Å²) < 4.78 is 10.6. The van der Waals surface area contributed by atoms with Crippen LogP contribution in [0.2, 0.25) is 0 Å². The second kappa shape index (κ2) is 7.83. The second-order valence-corrected chi connectivity index (χ2v) is 5.33. The fourth-order valence-corrected chi connectivity index (χ4v) is 2.20. The van der Waals surface area contributed by atoms with E-state index in [2.05, 4.69) is 15.2 Å². The zero-order valence-electron chi connectivity index (χ0n) is 12.7. The van der Waals surface area contributed by atoms with E-state index in [1.807, 2.05) is 13.8 Å². The van der Waals surface area contributed by atoms with Crippen LogP contribution in [-0.4, -0.2) is 49.1 Å². The van der Waals surface area contributed by atoms with Gasteiger partial charge in [0.15, 0.2) is 5.76 Å². The summed E-state index contributed by atoms with van der Waals surface area (Å²) in [6.07, 6.45) is 3.93. The van der Waals surface area contributed by atoms with Crippen molar-refractivity contribution in [2.24, 2.45) is 4.99 Å². The van der Waals surface area contributed by atoms with Crippen molar-refractivity contribution < 1.29 is 13.9 Å². The molecule has 0 aromatic carbocycles.